The molecule has 0 aromatic heterocycles. The molecule has 0 saturated carbocycles. The number of hydrogen-bond donors (Lipinski definition) is 1. The maximum atomic E-state index is 10.4. The van der Waals surface area contributed by atoms with E-state index in [9.17, 15) is 9.90 Å². The minimum Gasteiger partial charge on any atom is -0.388 e. The second kappa shape index (κ2) is 4.19. The first kappa shape index (κ1) is 9.93. The Kier molecular flexibility index (Phi) is 3.20. The van der Waals surface area contributed by atoms with E-state index < -0.39 is 6.10 Å². The lowest BCUT2D eigenvalue weighted by atomic mass is 9.98. The van der Waals surface area contributed by atoms with Gasteiger partial charge in [-0.2, -0.15) is 0 Å². The zero-order valence-corrected chi connectivity index (χ0v) is 7.90. The quantitative estimate of drug-likeness (QED) is 0.717. The van der Waals surface area contributed by atoms with Crippen LogP contribution in [0, 0.1) is 12.8 Å². The van der Waals surface area contributed by atoms with Gasteiger partial charge in [0.25, 0.3) is 0 Å². The maximum absolute atomic E-state index is 10.4. The maximum Gasteiger partial charge on any atom is 0.125 e. The summed E-state index contributed by atoms with van der Waals surface area (Å²) in [6, 6.07) is 7.55. The van der Waals surface area contributed by atoms with E-state index in [0.717, 1.165) is 17.4 Å². The molecular formula is C11H14O2. The summed E-state index contributed by atoms with van der Waals surface area (Å²) < 4.78 is 0. The number of carbonyl (C=O) groups excluding carboxylic acids is 1. The molecule has 1 rings (SSSR count). The van der Waals surface area contributed by atoms with Crippen molar-refractivity contribution in [1.29, 1.82) is 0 Å². The molecule has 0 heterocycles. The first-order chi connectivity index (χ1) is 6.15. The van der Waals surface area contributed by atoms with E-state index in [-0.39, 0.29) is 5.92 Å². The minimum atomic E-state index is -0.682. The zero-order chi connectivity index (χ0) is 9.84. The summed E-state index contributed by atoms with van der Waals surface area (Å²) >= 11 is 0. The number of aliphatic hydroxyl groups is 1. The van der Waals surface area contributed by atoms with E-state index in [4.69, 9.17) is 0 Å². The van der Waals surface area contributed by atoms with Crippen LogP contribution < -0.4 is 0 Å². The number of benzene rings is 1. The van der Waals surface area contributed by atoms with Crippen molar-refractivity contribution >= 4 is 6.29 Å². The molecule has 0 fully saturated rings. The van der Waals surface area contributed by atoms with Gasteiger partial charge in [0, 0.05) is 5.92 Å². The highest BCUT2D eigenvalue weighted by molar-refractivity contribution is 5.54. The lowest BCUT2D eigenvalue weighted by molar-refractivity contribution is -0.113. The Morgan fingerprint density at radius 2 is 1.85 bits per heavy atom. The molecule has 0 radical (unpaired) electrons. The standard InChI is InChI=1S/C11H14O2/c1-8-3-5-10(6-4-8)11(13)9(2)7-12/h3-7,9,11,13H,1-2H3. The molecule has 2 heteroatoms. The van der Waals surface area contributed by atoms with Crippen LogP contribution in [0.3, 0.4) is 0 Å². The van der Waals surface area contributed by atoms with Crippen LogP contribution in [0.25, 0.3) is 0 Å². The second-order valence-electron chi connectivity index (χ2n) is 3.35. The predicted molar refractivity (Wildman–Crippen MR) is 51.4 cm³/mol. The lowest BCUT2D eigenvalue weighted by Crippen LogP contribution is -2.09. The summed E-state index contributed by atoms with van der Waals surface area (Å²) in [6.07, 6.45) is 0.0861. The van der Waals surface area contributed by atoms with E-state index in [1.54, 1.807) is 6.92 Å². The van der Waals surface area contributed by atoms with Crippen LogP contribution >= 0.6 is 0 Å². The fraction of sp³-hybridized carbons (Fsp3) is 0.364. The summed E-state index contributed by atoms with van der Waals surface area (Å²) in [7, 11) is 0. The highest BCUT2D eigenvalue weighted by Crippen LogP contribution is 2.20. The lowest BCUT2D eigenvalue weighted by Gasteiger charge is -2.13. The number of aliphatic hydroxyl groups excluding tert-OH is 1. The molecule has 0 bridgehead atoms. The molecule has 0 amide bonds. The van der Waals surface area contributed by atoms with Crippen LogP contribution in [0.15, 0.2) is 24.3 Å². The SMILES string of the molecule is Cc1ccc(C(O)C(C)C=O)cc1. The Morgan fingerprint density at radius 1 is 1.31 bits per heavy atom. The van der Waals surface area contributed by atoms with E-state index in [2.05, 4.69) is 0 Å². The fourth-order valence-corrected chi connectivity index (χ4v) is 1.14. The molecule has 2 unspecified atom stereocenters. The van der Waals surface area contributed by atoms with E-state index in [1.165, 1.54) is 0 Å². The van der Waals surface area contributed by atoms with Crippen molar-refractivity contribution in [3.8, 4) is 0 Å². The summed E-state index contributed by atoms with van der Waals surface area (Å²) in [5, 5.41) is 9.65. The second-order valence-corrected chi connectivity index (χ2v) is 3.35. The van der Waals surface area contributed by atoms with Gasteiger partial charge in [-0.15, -0.1) is 0 Å². The fourth-order valence-electron chi connectivity index (χ4n) is 1.14. The monoisotopic (exact) mass is 178 g/mol. The van der Waals surface area contributed by atoms with Crippen molar-refractivity contribution in [2.75, 3.05) is 0 Å². The number of rotatable bonds is 3. The molecule has 2 nitrogen and oxygen atoms in total. The molecule has 13 heavy (non-hydrogen) atoms. The normalized spacial score (nSPS) is 15.0. The van der Waals surface area contributed by atoms with Gasteiger partial charge in [0.05, 0.1) is 6.10 Å². The van der Waals surface area contributed by atoms with Crippen molar-refractivity contribution in [3.05, 3.63) is 35.4 Å². The summed E-state index contributed by atoms with van der Waals surface area (Å²) in [5.41, 5.74) is 1.94. The molecule has 0 aliphatic rings. The van der Waals surface area contributed by atoms with E-state index in [1.807, 2.05) is 31.2 Å². The Bertz CT molecular complexity index is 277. The number of aryl methyl sites for hydroxylation is 1. The van der Waals surface area contributed by atoms with Gasteiger partial charge in [0.2, 0.25) is 0 Å². The molecule has 0 spiro atoms. The van der Waals surface area contributed by atoms with Crippen LogP contribution in [-0.2, 0) is 4.79 Å². The van der Waals surface area contributed by atoms with Crippen molar-refractivity contribution in [3.63, 3.8) is 0 Å². The van der Waals surface area contributed by atoms with Crippen LogP contribution in [-0.4, -0.2) is 11.4 Å². The van der Waals surface area contributed by atoms with Gasteiger partial charge in [-0.25, -0.2) is 0 Å². The topological polar surface area (TPSA) is 37.3 Å². The third-order valence-corrected chi connectivity index (χ3v) is 2.13. The van der Waals surface area contributed by atoms with Gasteiger partial charge in [0.1, 0.15) is 6.29 Å². The third-order valence-electron chi connectivity index (χ3n) is 2.13. The third kappa shape index (κ3) is 2.39. The van der Waals surface area contributed by atoms with Crippen molar-refractivity contribution in [2.24, 2.45) is 5.92 Å². The van der Waals surface area contributed by atoms with Crippen LogP contribution in [0.5, 0.6) is 0 Å². The Balaban J connectivity index is 2.82. The van der Waals surface area contributed by atoms with Gasteiger partial charge in [-0.1, -0.05) is 36.8 Å². The molecule has 2 atom stereocenters. The summed E-state index contributed by atoms with van der Waals surface area (Å²) in [4.78, 5) is 10.4. The van der Waals surface area contributed by atoms with Gasteiger partial charge in [-0.3, -0.25) is 0 Å². The molecule has 1 aromatic carbocycles. The largest absolute Gasteiger partial charge is 0.388 e. The highest BCUT2D eigenvalue weighted by Gasteiger charge is 2.14. The van der Waals surface area contributed by atoms with E-state index >= 15 is 0 Å². The molecule has 0 aliphatic carbocycles. The average molecular weight is 178 g/mol. The zero-order valence-electron chi connectivity index (χ0n) is 7.90. The predicted octanol–water partition coefficient (Wildman–Crippen LogP) is 1.86. The van der Waals surface area contributed by atoms with Crippen LogP contribution in [0.1, 0.15) is 24.2 Å². The summed E-state index contributed by atoms with van der Waals surface area (Å²) in [6.45, 7) is 3.69. The van der Waals surface area contributed by atoms with Gasteiger partial charge >= 0.3 is 0 Å². The number of aldehydes is 1. The van der Waals surface area contributed by atoms with Gasteiger partial charge < -0.3 is 9.90 Å². The molecule has 1 aromatic rings. The summed E-state index contributed by atoms with van der Waals surface area (Å²) in [5.74, 6) is -0.345. The Labute approximate surface area is 78.2 Å². The van der Waals surface area contributed by atoms with E-state index in [0.29, 0.717) is 0 Å². The van der Waals surface area contributed by atoms with Crippen LogP contribution in [0.4, 0.5) is 0 Å². The highest BCUT2D eigenvalue weighted by atomic mass is 16.3. The number of hydrogen-bond acceptors (Lipinski definition) is 2. The molecule has 0 saturated heterocycles. The van der Waals surface area contributed by atoms with Crippen molar-refractivity contribution < 1.29 is 9.90 Å². The average Bonchev–Trinajstić information content (AvgIpc) is 2.17. The molecule has 70 valence electrons. The first-order valence-electron chi connectivity index (χ1n) is 4.35. The van der Waals surface area contributed by atoms with Crippen molar-refractivity contribution in [2.45, 2.75) is 20.0 Å². The van der Waals surface area contributed by atoms with Gasteiger partial charge in [0.15, 0.2) is 0 Å². The van der Waals surface area contributed by atoms with Crippen LogP contribution in [0.2, 0.25) is 0 Å². The Hall–Kier alpha value is -1.15. The minimum absolute atomic E-state index is 0.345. The first-order valence-corrected chi connectivity index (χ1v) is 4.35. The van der Waals surface area contributed by atoms with Gasteiger partial charge in [-0.05, 0) is 12.5 Å². The Morgan fingerprint density at radius 3 is 2.31 bits per heavy atom. The van der Waals surface area contributed by atoms with Crippen molar-refractivity contribution in [1.82, 2.24) is 0 Å². The molecular weight excluding hydrogens is 164 g/mol. The molecule has 1 N–H and O–H groups in total. The molecule has 0 aliphatic heterocycles. The smallest absolute Gasteiger partial charge is 0.125 e. The number of carbonyl (C=O) groups is 1.